The first-order valence-electron chi connectivity index (χ1n) is 4.85. The highest BCUT2D eigenvalue weighted by molar-refractivity contribution is 5.96. The van der Waals surface area contributed by atoms with Crippen molar-refractivity contribution >= 4 is 17.7 Å². The molecule has 1 aliphatic rings. The summed E-state index contributed by atoms with van der Waals surface area (Å²) < 4.78 is 0. The van der Waals surface area contributed by atoms with Crippen LogP contribution in [0, 0.1) is 0 Å². The van der Waals surface area contributed by atoms with Crippen LogP contribution in [0.15, 0.2) is 24.3 Å². The molecule has 1 aliphatic heterocycles. The first-order chi connectivity index (χ1) is 6.81. The van der Waals surface area contributed by atoms with Crippen molar-refractivity contribution in [2.75, 3.05) is 5.32 Å². The number of benzene rings is 1. The fourth-order valence-corrected chi connectivity index (χ4v) is 1.75. The second kappa shape index (κ2) is 3.66. The zero-order valence-corrected chi connectivity index (χ0v) is 8.21. The van der Waals surface area contributed by atoms with Crippen LogP contribution >= 0.6 is 0 Å². The van der Waals surface area contributed by atoms with Gasteiger partial charge in [0, 0.05) is 6.42 Å². The molecule has 1 amide bonds. The summed E-state index contributed by atoms with van der Waals surface area (Å²) in [7, 11) is 0. The van der Waals surface area contributed by atoms with Crippen molar-refractivity contribution in [2.24, 2.45) is 0 Å². The second-order valence-electron chi connectivity index (χ2n) is 3.43. The molecule has 0 saturated heterocycles. The molecule has 2 rings (SSSR count). The molecular weight excluding hydrogens is 174 g/mol. The lowest BCUT2D eigenvalue weighted by Crippen LogP contribution is -2.19. The summed E-state index contributed by atoms with van der Waals surface area (Å²) >= 11 is 0. The first-order valence-corrected chi connectivity index (χ1v) is 4.85. The van der Waals surface area contributed by atoms with E-state index in [9.17, 15) is 4.79 Å². The van der Waals surface area contributed by atoms with E-state index in [1.807, 2.05) is 31.2 Å². The Morgan fingerprint density at radius 2 is 2.21 bits per heavy atom. The van der Waals surface area contributed by atoms with E-state index in [0.29, 0.717) is 6.42 Å². The van der Waals surface area contributed by atoms with Gasteiger partial charge in [-0.3, -0.25) is 4.79 Å². The highest BCUT2D eigenvalue weighted by Gasteiger charge is 2.15. The molecule has 1 aromatic rings. The molecule has 1 N–H and O–H groups in total. The fourth-order valence-electron chi connectivity index (χ4n) is 1.75. The van der Waals surface area contributed by atoms with Crippen molar-refractivity contribution in [3.63, 3.8) is 0 Å². The van der Waals surface area contributed by atoms with Crippen LogP contribution in [0.25, 0.3) is 6.08 Å². The second-order valence-corrected chi connectivity index (χ2v) is 3.43. The topological polar surface area (TPSA) is 29.1 Å². The minimum atomic E-state index is 0.120. The van der Waals surface area contributed by atoms with Gasteiger partial charge in [-0.1, -0.05) is 30.4 Å². The Labute approximate surface area is 83.6 Å². The molecule has 0 atom stereocenters. The van der Waals surface area contributed by atoms with Gasteiger partial charge >= 0.3 is 0 Å². The smallest absolute Gasteiger partial charge is 0.224 e. The molecule has 0 radical (unpaired) electrons. The van der Waals surface area contributed by atoms with E-state index < -0.39 is 0 Å². The minimum absolute atomic E-state index is 0.120. The van der Waals surface area contributed by atoms with Crippen LogP contribution < -0.4 is 5.32 Å². The molecule has 2 nitrogen and oxygen atoms in total. The van der Waals surface area contributed by atoms with Gasteiger partial charge in [0.2, 0.25) is 5.91 Å². The number of hydrogen-bond acceptors (Lipinski definition) is 1. The Hall–Kier alpha value is -1.57. The lowest BCUT2D eigenvalue weighted by atomic mass is 9.99. The standard InChI is InChI=1S/C12H13NO/c1-2-4-9-5-3-6-10-7-8-11(14)13-12(9)10/h2-6H,7-8H2,1H3,(H,13,14)/b4-2+. The SMILES string of the molecule is C/C=C/c1cccc2c1NC(=O)CC2. The summed E-state index contributed by atoms with van der Waals surface area (Å²) in [6.07, 6.45) is 5.46. The number of fused-ring (bicyclic) bond motifs is 1. The van der Waals surface area contributed by atoms with Gasteiger partial charge in [0.15, 0.2) is 0 Å². The van der Waals surface area contributed by atoms with Crippen LogP contribution in [0.3, 0.4) is 0 Å². The molecule has 0 spiro atoms. The van der Waals surface area contributed by atoms with Gasteiger partial charge in [-0.2, -0.15) is 0 Å². The van der Waals surface area contributed by atoms with Crippen molar-refractivity contribution in [1.82, 2.24) is 0 Å². The normalized spacial score (nSPS) is 15.4. The summed E-state index contributed by atoms with van der Waals surface area (Å²) in [6.45, 7) is 1.98. The lowest BCUT2D eigenvalue weighted by molar-refractivity contribution is -0.116. The van der Waals surface area contributed by atoms with Gasteiger partial charge in [-0.05, 0) is 24.5 Å². The Kier molecular flexibility index (Phi) is 2.35. The average molecular weight is 187 g/mol. The number of nitrogens with one attached hydrogen (secondary N) is 1. The number of hydrogen-bond donors (Lipinski definition) is 1. The lowest BCUT2D eigenvalue weighted by Gasteiger charge is -2.18. The third kappa shape index (κ3) is 1.55. The summed E-state index contributed by atoms with van der Waals surface area (Å²) in [5, 5.41) is 2.92. The van der Waals surface area contributed by atoms with Crippen LogP contribution in [0.4, 0.5) is 5.69 Å². The Morgan fingerprint density at radius 1 is 1.36 bits per heavy atom. The van der Waals surface area contributed by atoms with Gasteiger partial charge in [0.1, 0.15) is 0 Å². The van der Waals surface area contributed by atoms with Gasteiger partial charge in [0.05, 0.1) is 5.69 Å². The van der Waals surface area contributed by atoms with Crippen molar-refractivity contribution in [1.29, 1.82) is 0 Å². The number of carbonyl (C=O) groups is 1. The van der Waals surface area contributed by atoms with Crippen molar-refractivity contribution < 1.29 is 4.79 Å². The zero-order valence-electron chi connectivity index (χ0n) is 8.21. The number of allylic oxidation sites excluding steroid dienone is 1. The monoisotopic (exact) mass is 187 g/mol. The molecule has 0 aliphatic carbocycles. The molecule has 1 heterocycles. The maximum atomic E-state index is 11.2. The van der Waals surface area contributed by atoms with Crippen molar-refractivity contribution in [3.05, 3.63) is 35.4 Å². The van der Waals surface area contributed by atoms with Gasteiger partial charge in [0.25, 0.3) is 0 Å². The van der Waals surface area contributed by atoms with Crippen molar-refractivity contribution in [3.8, 4) is 0 Å². The molecule has 0 unspecified atom stereocenters. The third-order valence-corrected chi connectivity index (χ3v) is 2.42. The van der Waals surface area contributed by atoms with Crippen LogP contribution in [-0.4, -0.2) is 5.91 Å². The average Bonchev–Trinajstić information content (AvgIpc) is 2.19. The molecule has 1 aromatic carbocycles. The maximum Gasteiger partial charge on any atom is 0.224 e. The zero-order chi connectivity index (χ0) is 9.97. The molecule has 72 valence electrons. The van der Waals surface area contributed by atoms with Gasteiger partial charge < -0.3 is 5.32 Å². The summed E-state index contributed by atoms with van der Waals surface area (Å²) in [4.78, 5) is 11.2. The van der Waals surface area contributed by atoms with Crippen LogP contribution in [0.1, 0.15) is 24.5 Å². The molecule has 2 heteroatoms. The Morgan fingerprint density at radius 3 is 3.00 bits per heavy atom. The van der Waals surface area contributed by atoms with Crippen molar-refractivity contribution in [2.45, 2.75) is 19.8 Å². The maximum absolute atomic E-state index is 11.2. The largest absolute Gasteiger partial charge is 0.325 e. The minimum Gasteiger partial charge on any atom is -0.325 e. The van der Waals surface area contributed by atoms with E-state index in [0.717, 1.165) is 17.7 Å². The molecule has 0 saturated carbocycles. The number of aryl methyl sites for hydroxylation is 1. The van der Waals surface area contributed by atoms with E-state index in [1.54, 1.807) is 0 Å². The van der Waals surface area contributed by atoms with Crippen LogP contribution in [-0.2, 0) is 11.2 Å². The third-order valence-electron chi connectivity index (χ3n) is 2.42. The fraction of sp³-hybridized carbons (Fsp3) is 0.250. The number of anilines is 1. The molecule has 0 aromatic heterocycles. The summed E-state index contributed by atoms with van der Waals surface area (Å²) in [5.74, 6) is 0.120. The first kappa shape index (κ1) is 9.00. The molecule has 0 fully saturated rings. The Balaban J connectivity index is 2.48. The number of rotatable bonds is 1. The highest BCUT2D eigenvalue weighted by atomic mass is 16.1. The van der Waals surface area contributed by atoms with E-state index in [1.165, 1.54) is 5.56 Å². The van der Waals surface area contributed by atoms with Crippen LogP contribution in [0.5, 0.6) is 0 Å². The number of amides is 1. The van der Waals surface area contributed by atoms with Crippen LogP contribution in [0.2, 0.25) is 0 Å². The molecule has 0 bridgehead atoms. The van der Waals surface area contributed by atoms with E-state index in [-0.39, 0.29) is 5.91 Å². The quantitative estimate of drug-likeness (QED) is 0.719. The van der Waals surface area contributed by atoms with E-state index in [4.69, 9.17) is 0 Å². The predicted octanol–water partition coefficient (Wildman–Crippen LogP) is 2.60. The van der Waals surface area contributed by atoms with E-state index >= 15 is 0 Å². The Bertz CT molecular complexity index is 393. The summed E-state index contributed by atoms with van der Waals surface area (Å²) in [5.41, 5.74) is 3.32. The number of para-hydroxylation sites is 1. The van der Waals surface area contributed by atoms with Gasteiger partial charge in [-0.15, -0.1) is 0 Å². The highest BCUT2D eigenvalue weighted by Crippen LogP contribution is 2.27. The van der Waals surface area contributed by atoms with E-state index in [2.05, 4.69) is 11.4 Å². The summed E-state index contributed by atoms with van der Waals surface area (Å²) in [6, 6.07) is 6.12. The predicted molar refractivity (Wildman–Crippen MR) is 58.1 cm³/mol. The molecule has 14 heavy (non-hydrogen) atoms. The number of carbonyl (C=O) groups excluding carboxylic acids is 1. The molecular formula is C12H13NO. The van der Waals surface area contributed by atoms with Gasteiger partial charge in [-0.25, -0.2) is 0 Å².